The normalized spacial score (nSPS) is 62.7. The third-order valence-corrected chi connectivity index (χ3v) is 1.86. The fourth-order valence-corrected chi connectivity index (χ4v) is 1.26. The molecular weight excluding hydrogens is 136 g/mol. The molecule has 2 nitrogen and oxygen atoms in total. The van der Waals surface area contributed by atoms with Crippen molar-refractivity contribution in [1.29, 1.82) is 0 Å². The Hall–Kier alpha value is -0.0800. The van der Waals surface area contributed by atoms with E-state index < -0.39 is 31.5 Å². The second-order valence-corrected chi connectivity index (χ2v) is 2.59. The maximum absolute atomic E-state index is 8.36. The molecule has 11 heavy (non-hydrogen) atoms. The molecule has 1 aliphatic heterocycles. The molecule has 1 N–H and O–H groups in total. The second-order valence-electron chi connectivity index (χ2n) is 2.59. The van der Waals surface area contributed by atoms with E-state index in [1.165, 1.54) is 4.90 Å². The minimum atomic E-state index is -3.10. The van der Waals surface area contributed by atoms with Crippen molar-refractivity contribution in [3.63, 3.8) is 0 Å². The summed E-state index contributed by atoms with van der Waals surface area (Å²) in [7, 11) is 0. The largest absolute Gasteiger partial charge is 0.314 e. The SMILES string of the molecule is [2H]C1([2H])C([2H])([2H])C([2H])([2H])C([2H])(N2CCNCC2)C1([2H])[2H]. The van der Waals surface area contributed by atoms with Gasteiger partial charge in [-0.2, -0.15) is 0 Å². The fourth-order valence-electron chi connectivity index (χ4n) is 1.26. The molecule has 0 aromatic rings. The minimum Gasteiger partial charge on any atom is -0.314 e. The first kappa shape index (κ1) is 2.46. The standard InChI is InChI=1S/C9H18N2/c1-2-4-9(3-1)11-7-5-10-6-8-11/h9-10H,1-8H2/i1D2,2D2,3D2,4D2,9D. The lowest BCUT2D eigenvalue weighted by atomic mass is 10.2. The lowest BCUT2D eigenvalue weighted by Crippen LogP contribution is -2.47. The number of nitrogens with one attached hydrogen (secondary N) is 1. The van der Waals surface area contributed by atoms with Gasteiger partial charge in [0.15, 0.2) is 0 Å². The molecule has 1 saturated heterocycles. The third kappa shape index (κ3) is 1.74. The first-order valence-corrected chi connectivity index (χ1v) is 3.81. The van der Waals surface area contributed by atoms with E-state index in [0.717, 1.165) is 0 Å². The summed E-state index contributed by atoms with van der Waals surface area (Å²) in [5.74, 6) is 0. The molecule has 0 aromatic carbocycles. The van der Waals surface area contributed by atoms with Gasteiger partial charge in [-0.15, -0.1) is 0 Å². The van der Waals surface area contributed by atoms with E-state index in [9.17, 15) is 0 Å². The maximum atomic E-state index is 8.36. The Morgan fingerprint density at radius 3 is 2.55 bits per heavy atom. The summed E-state index contributed by atoms with van der Waals surface area (Å²) in [5, 5.41) is 2.99. The average Bonchev–Trinajstić information content (AvgIpc) is 2.41. The molecule has 0 unspecified atom stereocenters. The van der Waals surface area contributed by atoms with Crippen molar-refractivity contribution in [3.05, 3.63) is 0 Å². The highest BCUT2D eigenvalue weighted by Gasteiger charge is 2.22. The summed E-state index contributed by atoms with van der Waals surface area (Å²) in [6, 6.07) is -2.62. The van der Waals surface area contributed by atoms with Crippen LogP contribution in [0.15, 0.2) is 0 Å². The number of hydrogen-bond acceptors (Lipinski definition) is 2. The number of piperazine rings is 1. The molecule has 0 bridgehead atoms. The molecule has 2 heteroatoms. The van der Waals surface area contributed by atoms with Gasteiger partial charge in [-0.1, -0.05) is 12.7 Å². The summed E-state index contributed by atoms with van der Waals surface area (Å²) >= 11 is 0. The molecule has 0 radical (unpaired) electrons. The van der Waals surface area contributed by atoms with Crippen molar-refractivity contribution in [3.8, 4) is 0 Å². The van der Waals surface area contributed by atoms with Gasteiger partial charge in [-0.25, -0.2) is 0 Å². The number of hydrogen-bond donors (Lipinski definition) is 1. The summed E-state index contributed by atoms with van der Waals surface area (Å²) < 4.78 is 71.1. The van der Waals surface area contributed by atoms with Crippen LogP contribution >= 0.6 is 0 Å². The van der Waals surface area contributed by atoms with E-state index in [2.05, 4.69) is 5.32 Å². The van der Waals surface area contributed by atoms with Crippen LogP contribution in [-0.4, -0.2) is 37.1 Å². The van der Waals surface area contributed by atoms with Crippen molar-refractivity contribution >= 4 is 0 Å². The van der Waals surface area contributed by atoms with Crippen LogP contribution in [0.5, 0.6) is 0 Å². The van der Waals surface area contributed by atoms with Crippen LogP contribution in [0, 0.1) is 0 Å². The van der Waals surface area contributed by atoms with Crippen molar-refractivity contribution in [2.24, 2.45) is 0 Å². The highest BCUT2D eigenvalue weighted by Crippen LogP contribution is 2.23. The topological polar surface area (TPSA) is 15.3 Å². The highest BCUT2D eigenvalue weighted by molar-refractivity contribution is 4.80. The zero-order valence-electron chi connectivity index (χ0n) is 15.3. The highest BCUT2D eigenvalue weighted by atomic mass is 15.2. The zero-order valence-corrected chi connectivity index (χ0v) is 6.28. The van der Waals surface area contributed by atoms with Crippen molar-refractivity contribution in [2.75, 3.05) is 26.2 Å². The molecule has 0 amide bonds. The lowest BCUT2D eigenvalue weighted by Gasteiger charge is -2.32. The minimum absolute atomic E-state index is 0.175. The van der Waals surface area contributed by atoms with Gasteiger partial charge >= 0.3 is 0 Å². The number of rotatable bonds is 1. The van der Waals surface area contributed by atoms with Gasteiger partial charge < -0.3 is 5.32 Å². The first-order valence-electron chi connectivity index (χ1n) is 8.31. The van der Waals surface area contributed by atoms with E-state index in [1.807, 2.05) is 0 Å². The predicted octanol–water partition coefficient (Wildman–Crippen LogP) is 0.834. The summed E-state index contributed by atoms with van der Waals surface area (Å²) in [6.45, 7) is 1.21. The molecule has 1 aliphatic carbocycles. The molecule has 2 fully saturated rings. The molecule has 2 aliphatic rings. The average molecular weight is 163 g/mol. The lowest BCUT2D eigenvalue weighted by molar-refractivity contribution is 0.175. The van der Waals surface area contributed by atoms with Gasteiger partial charge in [0, 0.05) is 44.5 Å². The molecule has 1 heterocycles. The Labute approximate surface area is 81.6 Å². The Kier molecular flexibility index (Phi) is 0.791. The van der Waals surface area contributed by atoms with Gasteiger partial charge in [-0.05, 0) is 12.7 Å². The molecule has 2 rings (SSSR count). The zero-order chi connectivity index (χ0) is 15.6. The van der Waals surface area contributed by atoms with Crippen LogP contribution in [0.25, 0.3) is 0 Å². The van der Waals surface area contributed by atoms with Crippen molar-refractivity contribution in [2.45, 2.75) is 31.5 Å². The fraction of sp³-hybridized carbons (Fsp3) is 1.00. The van der Waals surface area contributed by atoms with Crippen LogP contribution in [0.4, 0.5) is 0 Å². The van der Waals surface area contributed by atoms with E-state index in [4.69, 9.17) is 12.3 Å². The van der Waals surface area contributed by atoms with Gasteiger partial charge in [0.2, 0.25) is 0 Å². The second kappa shape index (κ2) is 3.55. The van der Waals surface area contributed by atoms with E-state index in [-0.39, 0.29) is 13.1 Å². The quantitative estimate of drug-likeness (QED) is 0.616. The van der Waals surface area contributed by atoms with Crippen LogP contribution in [-0.2, 0) is 0 Å². The van der Waals surface area contributed by atoms with E-state index in [1.54, 1.807) is 0 Å². The van der Waals surface area contributed by atoms with Gasteiger partial charge in [0.05, 0.1) is 0 Å². The maximum Gasteiger partial charge on any atom is 0.0467 e. The summed E-state index contributed by atoms with van der Waals surface area (Å²) in [4.78, 5) is 1.21. The molecule has 64 valence electrons. The van der Waals surface area contributed by atoms with Gasteiger partial charge in [0.1, 0.15) is 0 Å². The van der Waals surface area contributed by atoms with Crippen molar-refractivity contribution in [1.82, 2.24) is 10.2 Å². The van der Waals surface area contributed by atoms with Crippen molar-refractivity contribution < 1.29 is 12.3 Å². The third-order valence-electron chi connectivity index (χ3n) is 1.86. The van der Waals surface area contributed by atoms with Gasteiger partial charge in [-0.3, -0.25) is 4.90 Å². The Morgan fingerprint density at radius 2 is 1.91 bits per heavy atom. The monoisotopic (exact) mass is 163 g/mol. The van der Waals surface area contributed by atoms with E-state index >= 15 is 0 Å². The molecule has 0 aromatic heterocycles. The summed E-state index contributed by atoms with van der Waals surface area (Å²) in [5.41, 5.74) is 0. The van der Waals surface area contributed by atoms with Crippen LogP contribution in [0.3, 0.4) is 0 Å². The molecule has 1 saturated carbocycles. The first-order chi connectivity index (χ1) is 8.86. The predicted molar refractivity (Wildman–Crippen MR) is 46.7 cm³/mol. The number of nitrogens with zero attached hydrogens (tertiary/aromatic N) is 1. The van der Waals surface area contributed by atoms with Crippen LogP contribution in [0.1, 0.15) is 37.8 Å². The molecular formula is C9H18N2. The molecule has 0 spiro atoms. The molecule has 0 atom stereocenters. The Balaban J connectivity index is 2.61. The van der Waals surface area contributed by atoms with E-state index in [0.29, 0.717) is 13.1 Å². The Bertz CT molecular complexity index is 376. The smallest absolute Gasteiger partial charge is 0.0467 e. The van der Waals surface area contributed by atoms with Crippen LogP contribution < -0.4 is 5.32 Å². The van der Waals surface area contributed by atoms with Crippen LogP contribution in [0.2, 0.25) is 0 Å². The Morgan fingerprint density at radius 1 is 1.27 bits per heavy atom. The van der Waals surface area contributed by atoms with Gasteiger partial charge in [0.25, 0.3) is 0 Å². The summed E-state index contributed by atoms with van der Waals surface area (Å²) in [6.07, 6.45) is -12.2.